The van der Waals surface area contributed by atoms with Gasteiger partial charge in [0.1, 0.15) is 0 Å². The van der Waals surface area contributed by atoms with E-state index < -0.39 is 15.7 Å². The number of methoxy groups -OCH3 is 1. The molecule has 0 radical (unpaired) electrons. The van der Waals surface area contributed by atoms with Crippen LogP contribution < -0.4 is 14.2 Å². The van der Waals surface area contributed by atoms with Gasteiger partial charge >= 0.3 is 202 Å². The van der Waals surface area contributed by atoms with Crippen LogP contribution in [0, 0.1) is 0 Å². The summed E-state index contributed by atoms with van der Waals surface area (Å²) < 4.78 is 33.7. The number of benzene rings is 2. The molecule has 1 aliphatic heterocycles. The summed E-state index contributed by atoms with van der Waals surface area (Å²) in [5, 5.41) is 3.45. The molecule has 33 heavy (non-hydrogen) atoms. The van der Waals surface area contributed by atoms with Gasteiger partial charge in [0.05, 0.1) is 0 Å². The maximum atomic E-state index is 13.7. The van der Waals surface area contributed by atoms with Crippen molar-refractivity contribution >= 4 is 32.9 Å². The Kier molecular flexibility index (Phi) is 6.22. The van der Waals surface area contributed by atoms with E-state index in [4.69, 9.17) is 8.92 Å². The van der Waals surface area contributed by atoms with Crippen LogP contribution in [0.4, 0.5) is 0 Å². The number of amides is 1. The molecule has 0 spiro atoms. The molecule has 1 aliphatic rings. The minimum absolute atomic E-state index is 0.143. The Morgan fingerprint density at radius 1 is 1.03 bits per heavy atom. The zero-order valence-electron chi connectivity index (χ0n) is 18.3. The predicted octanol–water partition coefficient (Wildman–Crippen LogP) is 1.32. The summed E-state index contributed by atoms with van der Waals surface area (Å²) in [5.41, 5.74) is 1.80. The SMILES string of the molecule is COc1cncc(-c2cccc(C3(c4cccc(OS(C)(=O)=O)c4)NC([AsH2])N(C)C3=O)c2)c1. The van der Waals surface area contributed by atoms with E-state index in [0.717, 1.165) is 22.9 Å². The van der Waals surface area contributed by atoms with Gasteiger partial charge < -0.3 is 0 Å². The van der Waals surface area contributed by atoms with Crippen LogP contribution in [-0.4, -0.2) is 66.4 Å². The fourth-order valence-electron chi connectivity index (χ4n) is 3.93. The molecule has 2 aromatic carbocycles. The number of pyridine rings is 1. The molecule has 0 saturated carbocycles. The Hall–Kier alpha value is -2.87. The number of ether oxygens (including phenoxy) is 1. The third kappa shape index (κ3) is 4.49. The zero-order valence-corrected chi connectivity index (χ0v) is 21.6. The number of carbonyl (C=O) groups excluding carboxylic acids is 1. The normalized spacial score (nSPS) is 20.7. The van der Waals surface area contributed by atoms with Crippen LogP contribution in [0.1, 0.15) is 11.1 Å². The van der Waals surface area contributed by atoms with Crippen LogP contribution in [0.15, 0.2) is 67.0 Å². The Morgan fingerprint density at radius 2 is 1.73 bits per heavy atom. The third-order valence-electron chi connectivity index (χ3n) is 5.52. The van der Waals surface area contributed by atoms with E-state index in [1.54, 1.807) is 55.7 Å². The topological polar surface area (TPSA) is 97.8 Å². The van der Waals surface area contributed by atoms with Crippen LogP contribution in [0.5, 0.6) is 11.5 Å². The van der Waals surface area contributed by atoms with Gasteiger partial charge in [0.2, 0.25) is 0 Å². The van der Waals surface area contributed by atoms with Crippen molar-refractivity contribution in [1.82, 2.24) is 15.2 Å². The van der Waals surface area contributed by atoms with Crippen molar-refractivity contribution < 1.29 is 22.1 Å². The molecule has 1 N–H and O–H groups in total. The first-order chi connectivity index (χ1) is 15.6. The van der Waals surface area contributed by atoms with Gasteiger partial charge in [-0.15, -0.1) is 0 Å². The van der Waals surface area contributed by atoms with Crippen molar-refractivity contribution in [2.75, 3.05) is 20.4 Å². The van der Waals surface area contributed by atoms with Crippen molar-refractivity contribution in [2.45, 2.75) is 10.5 Å². The Labute approximate surface area is 201 Å². The summed E-state index contributed by atoms with van der Waals surface area (Å²) in [7, 11) is -0.390. The van der Waals surface area contributed by atoms with Gasteiger partial charge in [-0.3, -0.25) is 0 Å². The van der Waals surface area contributed by atoms with Gasteiger partial charge in [-0.1, -0.05) is 0 Å². The maximum absolute atomic E-state index is 13.7. The van der Waals surface area contributed by atoms with E-state index in [1.165, 1.54) is 16.9 Å². The van der Waals surface area contributed by atoms with Crippen LogP contribution in [0.3, 0.4) is 0 Å². The predicted molar refractivity (Wildman–Crippen MR) is 127 cm³/mol. The quantitative estimate of drug-likeness (QED) is 0.380. The number of likely N-dealkylation sites (N-methyl/N-ethyl adjacent to an activating group) is 1. The van der Waals surface area contributed by atoms with E-state index >= 15 is 0 Å². The van der Waals surface area contributed by atoms with Crippen LogP contribution in [0.25, 0.3) is 11.1 Å². The zero-order chi connectivity index (χ0) is 23.8. The van der Waals surface area contributed by atoms with E-state index in [2.05, 4.69) is 10.3 Å². The molecular formula is C23H24AsN3O5S. The second-order valence-electron chi connectivity index (χ2n) is 7.76. The summed E-state index contributed by atoms with van der Waals surface area (Å²) in [6.45, 7) is 0. The first-order valence-corrected chi connectivity index (χ1v) is 13.3. The van der Waals surface area contributed by atoms with E-state index in [0.29, 0.717) is 11.3 Å². The van der Waals surface area contributed by atoms with Gasteiger partial charge in [0, 0.05) is 0 Å². The molecule has 8 nitrogen and oxygen atoms in total. The van der Waals surface area contributed by atoms with Gasteiger partial charge in [-0.05, 0) is 0 Å². The second kappa shape index (κ2) is 8.82. The van der Waals surface area contributed by atoms with E-state index in [9.17, 15) is 13.2 Å². The van der Waals surface area contributed by atoms with Gasteiger partial charge in [0.25, 0.3) is 0 Å². The van der Waals surface area contributed by atoms with Gasteiger partial charge in [-0.25, -0.2) is 0 Å². The number of rotatable bonds is 6. The van der Waals surface area contributed by atoms with E-state index in [1.807, 2.05) is 30.3 Å². The second-order valence-corrected chi connectivity index (χ2v) is 10.7. The number of nitrogens with zero attached hydrogens (tertiary/aromatic N) is 2. The molecule has 172 valence electrons. The summed E-state index contributed by atoms with van der Waals surface area (Å²) in [5.74, 6) is 0.628. The standard InChI is InChI=1S/C23H24AsN3O5S/c1-27-21(28)23(26-22(27)24,18-8-5-9-19(12-18)32-33(3,29)30)17-7-4-6-15(10-17)16-11-20(31-2)14-25-13-16/h4-14,22,26H,24H2,1-3H3. The minimum atomic E-state index is -3.72. The Balaban J connectivity index is 1.88. The average Bonchev–Trinajstić information content (AvgIpc) is 3.03. The van der Waals surface area contributed by atoms with Gasteiger partial charge in [-0.2, -0.15) is 0 Å². The average molecular weight is 529 g/mol. The molecule has 1 amide bonds. The summed E-state index contributed by atoms with van der Waals surface area (Å²) in [6, 6.07) is 16.1. The van der Waals surface area contributed by atoms with Crippen molar-refractivity contribution in [3.05, 3.63) is 78.1 Å². The van der Waals surface area contributed by atoms with Crippen LogP contribution in [-0.2, 0) is 20.5 Å². The van der Waals surface area contributed by atoms with Crippen molar-refractivity contribution in [3.8, 4) is 22.6 Å². The fraction of sp³-hybridized carbons (Fsp3) is 0.217. The molecule has 1 aromatic heterocycles. The molecule has 2 heterocycles. The summed E-state index contributed by atoms with van der Waals surface area (Å²) >= 11 is 1.36. The van der Waals surface area contributed by atoms with Crippen molar-refractivity contribution in [1.29, 1.82) is 0 Å². The molecule has 3 unspecified atom stereocenters. The summed E-state index contributed by atoms with van der Waals surface area (Å²) in [4.78, 5) is 19.4. The number of aromatic nitrogens is 1. The number of hydrogen-bond donors (Lipinski definition) is 1. The molecule has 3 aromatic rings. The van der Waals surface area contributed by atoms with E-state index in [-0.39, 0.29) is 16.6 Å². The first-order valence-electron chi connectivity index (χ1n) is 10.0. The first kappa shape index (κ1) is 23.3. The van der Waals surface area contributed by atoms with Crippen LogP contribution in [0.2, 0.25) is 0 Å². The number of carbonyl (C=O) groups is 1. The molecule has 1 saturated heterocycles. The molecule has 1 fully saturated rings. The van der Waals surface area contributed by atoms with Crippen molar-refractivity contribution in [3.63, 3.8) is 0 Å². The molecule has 10 heteroatoms. The molecule has 4 rings (SSSR count). The molecule has 0 aliphatic carbocycles. The number of nitrogens with one attached hydrogen (secondary N) is 1. The molecule has 3 atom stereocenters. The Morgan fingerprint density at radius 3 is 2.36 bits per heavy atom. The van der Waals surface area contributed by atoms with Crippen LogP contribution >= 0.6 is 0 Å². The number of hydrogen-bond acceptors (Lipinski definition) is 7. The third-order valence-corrected chi connectivity index (χ3v) is 7.30. The Bertz CT molecular complexity index is 1320. The monoisotopic (exact) mass is 529 g/mol. The van der Waals surface area contributed by atoms with Gasteiger partial charge in [0.15, 0.2) is 0 Å². The molecule has 0 bridgehead atoms. The summed E-state index contributed by atoms with van der Waals surface area (Å²) in [6.07, 6.45) is 4.35. The van der Waals surface area contributed by atoms with Crippen molar-refractivity contribution in [2.24, 2.45) is 0 Å². The fourth-order valence-corrected chi connectivity index (χ4v) is 5.19. The molecular weight excluding hydrogens is 505 g/mol.